The van der Waals surface area contributed by atoms with Crippen molar-refractivity contribution < 1.29 is 0 Å². The van der Waals surface area contributed by atoms with Gasteiger partial charge in [-0.15, -0.1) is 0 Å². The summed E-state index contributed by atoms with van der Waals surface area (Å²) in [5.74, 6) is 2.75. The molecule has 1 fully saturated rings. The Bertz CT molecular complexity index is 151. The smallest absolute Gasteiger partial charge is 0.00744 e. The SMILES string of the molecule is NCC[C@@H]1C[C@H]2C=C[C@H]1C2. The summed E-state index contributed by atoms with van der Waals surface area (Å²) in [6, 6.07) is 0. The summed E-state index contributed by atoms with van der Waals surface area (Å²) >= 11 is 0. The van der Waals surface area contributed by atoms with Gasteiger partial charge in [0.1, 0.15) is 0 Å². The second kappa shape index (κ2) is 2.39. The molecule has 0 aromatic carbocycles. The summed E-state index contributed by atoms with van der Waals surface area (Å²) in [6.45, 7) is 0.877. The van der Waals surface area contributed by atoms with Crippen molar-refractivity contribution in [3.8, 4) is 0 Å². The molecule has 0 aromatic heterocycles. The van der Waals surface area contributed by atoms with Gasteiger partial charge in [0.2, 0.25) is 0 Å². The molecule has 0 aliphatic heterocycles. The Morgan fingerprint density at radius 3 is 2.70 bits per heavy atom. The van der Waals surface area contributed by atoms with E-state index in [9.17, 15) is 0 Å². The summed E-state index contributed by atoms with van der Waals surface area (Å²) in [5.41, 5.74) is 5.52. The molecule has 1 saturated carbocycles. The first kappa shape index (κ1) is 6.41. The van der Waals surface area contributed by atoms with E-state index in [1.54, 1.807) is 0 Å². The van der Waals surface area contributed by atoms with Crippen LogP contribution in [0.5, 0.6) is 0 Å². The van der Waals surface area contributed by atoms with E-state index in [4.69, 9.17) is 5.73 Å². The first-order valence-corrected chi connectivity index (χ1v) is 4.28. The van der Waals surface area contributed by atoms with Crippen LogP contribution in [0.25, 0.3) is 0 Å². The van der Waals surface area contributed by atoms with Crippen molar-refractivity contribution in [2.45, 2.75) is 19.3 Å². The monoisotopic (exact) mass is 137 g/mol. The van der Waals surface area contributed by atoms with Crippen molar-refractivity contribution in [1.29, 1.82) is 0 Å². The lowest BCUT2D eigenvalue weighted by molar-refractivity contribution is 0.422. The molecular formula is C9H15N. The van der Waals surface area contributed by atoms with Crippen molar-refractivity contribution in [2.24, 2.45) is 23.5 Å². The maximum absolute atomic E-state index is 5.52. The van der Waals surface area contributed by atoms with E-state index < -0.39 is 0 Å². The van der Waals surface area contributed by atoms with Crippen LogP contribution < -0.4 is 5.73 Å². The number of hydrogen-bond donors (Lipinski definition) is 1. The summed E-state index contributed by atoms with van der Waals surface area (Å²) < 4.78 is 0. The fourth-order valence-corrected chi connectivity index (χ4v) is 2.44. The molecule has 2 rings (SSSR count). The van der Waals surface area contributed by atoms with Crippen LogP contribution in [0.2, 0.25) is 0 Å². The Labute approximate surface area is 62.3 Å². The second-order valence-electron chi connectivity index (χ2n) is 3.62. The molecule has 1 heteroatoms. The van der Waals surface area contributed by atoms with Crippen LogP contribution in [0.1, 0.15) is 19.3 Å². The molecule has 0 radical (unpaired) electrons. The predicted molar refractivity (Wildman–Crippen MR) is 42.5 cm³/mol. The van der Waals surface area contributed by atoms with E-state index in [-0.39, 0.29) is 0 Å². The summed E-state index contributed by atoms with van der Waals surface area (Å²) in [7, 11) is 0. The zero-order valence-electron chi connectivity index (χ0n) is 6.29. The molecule has 0 aromatic rings. The molecule has 56 valence electrons. The number of hydrogen-bond acceptors (Lipinski definition) is 1. The topological polar surface area (TPSA) is 26.0 Å². The van der Waals surface area contributed by atoms with Gasteiger partial charge in [0.15, 0.2) is 0 Å². The highest BCUT2D eigenvalue weighted by molar-refractivity contribution is 5.09. The van der Waals surface area contributed by atoms with Gasteiger partial charge in [-0.2, -0.15) is 0 Å². The molecule has 0 unspecified atom stereocenters. The van der Waals surface area contributed by atoms with Gasteiger partial charge >= 0.3 is 0 Å². The maximum Gasteiger partial charge on any atom is -0.00744 e. The van der Waals surface area contributed by atoms with Gasteiger partial charge in [0, 0.05) is 0 Å². The first-order chi connectivity index (χ1) is 4.90. The molecule has 1 nitrogen and oxygen atoms in total. The molecule has 2 N–H and O–H groups in total. The Hall–Kier alpha value is -0.300. The summed E-state index contributed by atoms with van der Waals surface area (Å²) in [6.07, 6.45) is 8.86. The van der Waals surface area contributed by atoms with E-state index in [1.165, 1.54) is 19.3 Å². The zero-order chi connectivity index (χ0) is 6.97. The fourth-order valence-electron chi connectivity index (χ4n) is 2.44. The predicted octanol–water partition coefficient (Wildman–Crippen LogP) is 1.55. The quantitative estimate of drug-likeness (QED) is 0.574. The molecule has 0 amide bonds. The van der Waals surface area contributed by atoms with Crippen LogP contribution >= 0.6 is 0 Å². The van der Waals surface area contributed by atoms with Crippen LogP contribution in [0, 0.1) is 17.8 Å². The molecule has 10 heavy (non-hydrogen) atoms. The molecule has 0 saturated heterocycles. The molecule has 0 spiro atoms. The lowest BCUT2D eigenvalue weighted by Crippen LogP contribution is -2.12. The van der Waals surface area contributed by atoms with Gasteiger partial charge in [0.25, 0.3) is 0 Å². The molecule has 3 atom stereocenters. The second-order valence-corrected chi connectivity index (χ2v) is 3.62. The lowest BCUT2D eigenvalue weighted by Gasteiger charge is -2.15. The molecule has 0 heterocycles. The largest absolute Gasteiger partial charge is 0.330 e. The zero-order valence-corrected chi connectivity index (χ0v) is 6.29. The minimum atomic E-state index is 0.877. The fraction of sp³-hybridized carbons (Fsp3) is 0.778. The lowest BCUT2D eigenvalue weighted by atomic mass is 9.91. The summed E-state index contributed by atoms with van der Waals surface area (Å²) in [5, 5.41) is 0. The summed E-state index contributed by atoms with van der Waals surface area (Å²) in [4.78, 5) is 0. The van der Waals surface area contributed by atoms with Crippen molar-refractivity contribution in [3.63, 3.8) is 0 Å². The molecule has 2 aliphatic rings. The number of rotatable bonds is 2. The van der Waals surface area contributed by atoms with Crippen LogP contribution in [0.4, 0.5) is 0 Å². The first-order valence-electron chi connectivity index (χ1n) is 4.28. The van der Waals surface area contributed by atoms with E-state index in [2.05, 4.69) is 12.2 Å². The number of allylic oxidation sites excluding steroid dienone is 2. The number of fused-ring (bicyclic) bond motifs is 2. The minimum Gasteiger partial charge on any atom is -0.330 e. The van der Waals surface area contributed by atoms with Crippen LogP contribution in [-0.4, -0.2) is 6.54 Å². The van der Waals surface area contributed by atoms with Gasteiger partial charge < -0.3 is 5.73 Å². The van der Waals surface area contributed by atoms with Crippen molar-refractivity contribution in [3.05, 3.63) is 12.2 Å². The van der Waals surface area contributed by atoms with E-state index in [0.29, 0.717) is 0 Å². The van der Waals surface area contributed by atoms with Crippen LogP contribution in [0.3, 0.4) is 0 Å². The normalized spacial score (nSPS) is 43.1. The Balaban J connectivity index is 1.96. The van der Waals surface area contributed by atoms with E-state index >= 15 is 0 Å². The van der Waals surface area contributed by atoms with Crippen LogP contribution in [-0.2, 0) is 0 Å². The van der Waals surface area contributed by atoms with Gasteiger partial charge in [0.05, 0.1) is 0 Å². The van der Waals surface area contributed by atoms with Crippen molar-refractivity contribution >= 4 is 0 Å². The van der Waals surface area contributed by atoms with Crippen molar-refractivity contribution in [2.75, 3.05) is 6.54 Å². The molecule has 2 aliphatic carbocycles. The maximum atomic E-state index is 5.52. The Kier molecular flexibility index (Phi) is 1.53. The molecule has 2 bridgehead atoms. The highest BCUT2D eigenvalue weighted by atomic mass is 14.5. The van der Waals surface area contributed by atoms with E-state index in [0.717, 1.165) is 24.3 Å². The van der Waals surface area contributed by atoms with Crippen LogP contribution in [0.15, 0.2) is 12.2 Å². The minimum absolute atomic E-state index is 0.877. The Morgan fingerprint density at radius 2 is 2.20 bits per heavy atom. The standard InChI is InChI=1S/C9H15N/c10-4-3-9-6-7-1-2-8(9)5-7/h1-2,7-9H,3-6,10H2/t7-,8-,9+/m0/s1. The molecular weight excluding hydrogens is 122 g/mol. The highest BCUT2D eigenvalue weighted by Crippen LogP contribution is 2.44. The highest BCUT2D eigenvalue weighted by Gasteiger charge is 2.34. The third-order valence-corrected chi connectivity index (χ3v) is 2.95. The van der Waals surface area contributed by atoms with Gasteiger partial charge in [-0.25, -0.2) is 0 Å². The average molecular weight is 137 g/mol. The number of nitrogens with two attached hydrogens (primary N) is 1. The van der Waals surface area contributed by atoms with Gasteiger partial charge in [-0.1, -0.05) is 12.2 Å². The van der Waals surface area contributed by atoms with Gasteiger partial charge in [-0.3, -0.25) is 0 Å². The Morgan fingerprint density at radius 1 is 1.30 bits per heavy atom. The van der Waals surface area contributed by atoms with Crippen molar-refractivity contribution in [1.82, 2.24) is 0 Å². The third kappa shape index (κ3) is 0.891. The average Bonchev–Trinajstić information content (AvgIpc) is 2.48. The van der Waals surface area contributed by atoms with Gasteiger partial charge in [-0.05, 0) is 43.6 Å². The third-order valence-electron chi connectivity index (χ3n) is 2.95. The van der Waals surface area contributed by atoms with E-state index in [1.807, 2.05) is 0 Å².